The minimum absolute atomic E-state index is 0.0425. The third-order valence-corrected chi connectivity index (χ3v) is 3.21. The Morgan fingerprint density at radius 2 is 2.00 bits per heavy atom. The van der Waals surface area contributed by atoms with E-state index >= 15 is 0 Å². The second-order valence-corrected chi connectivity index (χ2v) is 5.27. The zero-order chi connectivity index (χ0) is 13.5. The van der Waals surface area contributed by atoms with Crippen LogP contribution >= 0.6 is 31.9 Å². The van der Waals surface area contributed by atoms with Crippen molar-refractivity contribution in [2.75, 3.05) is 11.9 Å². The smallest absolute Gasteiger partial charge is 0.319 e. The first kappa shape index (κ1) is 15.0. The number of carbonyl (C=O) groups excluding carboxylic acids is 1. The molecule has 0 saturated carbocycles. The summed E-state index contributed by atoms with van der Waals surface area (Å²) in [7, 11) is 0. The Bertz CT molecular complexity index is 452. The van der Waals surface area contributed by atoms with E-state index in [1.54, 1.807) is 6.07 Å². The molecule has 0 aromatic heterocycles. The van der Waals surface area contributed by atoms with Gasteiger partial charge in [-0.15, -0.1) is 0 Å². The lowest BCUT2D eigenvalue weighted by molar-refractivity contribution is -0.137. The van der Waals surface area contributed by atoms with Crippen LogP contribution in [0.3, 0.4) is 0 Å². The summed E-state index contributed by atoms with van der Waals surface area (Å²) in [6.07, 6.45) is 0.448. The van der Waals surface area contributed by atoms with Gasteiger partial charge in [0, 0.05) is 21.9 Å². The van der Waals surface area contributed by atoms with Crippen LogP contribution in [0.4, 0.5) is 10.5 Å². The number of urea groups is 1. The summed E-state index contributed by atoms with van der Waals surface area (Å²) in [6, 6.07) is 5.06. The summed E-state index contributed by atoms with van der Waals surface area (Å²) >= 11 is 6.63. The van der Waals surface area contributed by atoms with Crippen LogP contribution in [0.5, 0.6) is 0 Å². The normalized spacial score (nSPS) is 9.89. The predicted octanol–water partition coefficient (Wildman–Crippen LogP) is 3.20. The molecule has 0 fully saturated rings. The fourth-order valence-electron chi connectivity index (χ4n) is 1.20. The summed E-state index contributed by atoms with van der Waals surface area (Å²) in [4.78, 5) is 21.8. The third kappa shape index (κ3) is 5.50. The van der Waals surface area contributed by atoms with Gasteiger partial charge in [0.25, 0.3) is 0 Å². The topological polar surface area (TPSA) is 78.4 Å². The van der Waals surface area contributed by atoms with E-state index in [0.29, 0.717) is 18.7 Å². The fourth-order valence-corrected chi connectivity index (χ4v) is 1.91. The van der Waals surface area contributed by atoms with Crippen molar-refractivity contribution < 1.29 is 14.7 Å². The van der Waals surface area contributed by atoms with Crippen LogP contribution in [0, 0.1) is 0 Å². The second-order valence-electron chi connectivity index (χ2n) is 3.50. The second kappa shape index (κ2) is 7.38. The van der Waals surface area contributed by atoms with Crippen molar-refractivity contribution in [1.82, 2.24) is 5.32 Å². The van der Waals surface area contributed by atoms with Crippen molar-refractivity contribution in [1.29, 1.82) is 0 Å². The minimum Gasteiger partial charge on any atom is -0.481 e. The van der Waals surface area contributed by atoms with Gasteiger partial charge in [-0.3, -0.25) is 4.79 Å². The maximum atomic E-state index is 11.5. The SMILES string of the molecule is O=C(O)CCCNC(=O)Nc1cc(Br)ccc1Br. The predicted molar refractivity (Wildman–Crippen MR) is 75.7 cm³/mol. The van der Waals surface area contributed by atoms with Gasteiger partial charge in [-0.2, -0.15) is 0 Å². The van der Waals surface area contributed by atoms with Gasteiger partial charge < -0.3 is 15.7 Å². The molecule has 0 saturated heterocycles. The highest BCUT2D eigenvalue weighted by Gasteiger charge is 2.05. The van der Waals surface area contributed by atoms with Crippen molar-refractivity contribution in [3.8, 4) is 0 Å². The van der Waals surface area contributed by atoms with Crippen LogP contribution in [0.1, 0.15) is 12.8 Å². The molecule has 3 N–H and O–H groups in total. The van der Waals surface area contributed by atoms with Crippen molar-refractivity contribution in [3.63, 3.8) is 0 Å². The molecule has 1 rings (SSSR count). The number of carbonyl (C=O) groups is 2. The molecule has 0 bridgehead atoms. The van der Waals surface area contributed by atoms with Gasteiger partial charge in [-0.1, -0.05) is 15.9 Å². The Morgan fingerprint density at radius 1 is 1.28 bits per heavy atom. The van der Waals surface area contributed by atoms with E-state index < -0.39 is 5.97 Å². The number of carboxylic acids is 1. The van der Waals surface area contributed by atoms with Crippen LogP contribution in [0.25, 0.3) is 0 Å². The number of hydrogen-bond donors (Lipinski definition) is 3. The minimum atomic E-state index is -0.869. The molecule has 0 aliphatic carbocycles. The Labute approximate surface area is 121 Å². The van der Waals surface area contributed by atoms with Crippen molar-refractivity contribution in [2.45, 2.75) is 12.8 Å². The number of amides is 2. The largest absolute Gasteiger partial charge is 0.481 e. The lowest BCUT2D eigenvalue weighted by Crippen LogP contribution is -2.29. The summed E-state index contributed by atoms with van der Waals surface area (Å²) in [6.45, 7) is 0.323. The standard InChI is InChI=1S/C11H12Br2N2O3/c12-7-3-4-8(13)9(6-7)15-11(18)14-5-1-2-10(16)17/h3-4,6H,1-2,5H2,(H,16,17)(H2,14,15,18). The molecule has 0 atom stereocenters. The zero-order valence-electron chi connectivity index (χ0n) is 9.37. The zero-order valence-corrected chi connectivity index (χ0v) is 12.5. The molecule has 0 radical (unpaired) electrons. The monoisotopic (exact) mass is 378 g/mol. The molecule has 1 aromatic carbocycles. The maximum absolute atomic E-state index is 11.5. The number of rotatable bonds is 5. The van der Waals surface area contributed by atoms with Gasteiger partial charge in [0.05, 0.1) is 5.69 Å². The maximum Gasteiger partial charge on any atom is 0.319 e. The Morgan fingerprint density at radius 3 is 2.67 bits per heavy atom. The van der Waals surface area contributed by atoms with Gasteiger partial charge in [0.15, 0.2) is 0 Å². The quantitative estimate of drug-likeness (QED) is 0.687. The fraction of sp³-hybridized carbons (Fsp3) is 0.273. The highest BCUT2D eigenvalue weighted by Crippen LogP contribution is 2.25. The number of anilines is 1. The summed E-state index contributed by atoms with van der Waals surface area (Å²) in [5.41, 5.74) is 0.639. The summed E-state index contributed by atoms with van der Waals surface area (Å²) in [5, 5.41) is 13.7. The lowest BCUT2D eigenvalue weighted by Gasteiger charge is -2.09. The van der Waals surface area contributed by atoms with Gasteiger partial charge in [-0.05, 0) is 40.5 Å². The summed E-state index contributed by atoms with van der Waals surface area (Å²) < 4.78 is 1.62. The molecule has 0 unspecified atom stereocenters. The molecular weight excluding hydrogens is 368 g/mol. The molecule has 18 heavy (non-hydrogen) atoms. The van der Waals surface area contributed by atoms with Gasteiger partial charge in [0.2, 0.25) is 0 Å². The van der Waals surface area contributed by atoms with Crippen LogP contribution < -0.4 is 10.6 Å². The van der Waals surface area contributed by atoms with Crippen LogP contribution in [0.2, 0.25) is 0 Å². The Balaban J connectivity index is 2.40. The van der Waals surface area contributed by atoms with E-state index in [1.807, 2.05) is 12.1 Å². The van der Waals surface area contributed by atoms with Gasteiger partial charge in [0.1, 0.15) is 0 Å². The highest BCUT2D eigenvalue weighted by molar-refractivity contribution is 9.11. The third-order valence-electron chi connectivity index (χ3n) is 2.03. The number of halogens is 2. The van der Waals surface area contributed by atoms with Crippen LogP contribution in [0.15, 0.2) is 27.1 Å². The average molecular weight is 380 g/mol. The molecule has 5 nitrogen and oxygen atoms in total. The number of hydrogen-bond acceptors (Lipinski definition) is 2. The van der Waals surface area contributed by atoms with Gasteiger partial charge in [-0.25, -0.2) is 4.79 Å². The number of nitrogens with one attached hydrogen (secondary N) is 2. The van der Waals surface area contributed by atoms with E-state index in [1.165, 1.54) is 0 Å². The molecular formula is C11H12Br2N2O3. The molecule has 1 aromatic rings. The first-order valence-electron chi connectivity index (χ1n) is 5.20. The molecule has 0 heterocycles. The molecule has 0 spiro atoms. The highest BCUT2D eigenvalue weighted by atomic mass is 79.9. The van der Waals surface area contributed by atoms with Gasteiger partial charge >= 0.3 is 12.0 Å². The molecule has 0 aliphatic heterocycles. The van der Waals surface area contributed by atoms with E-state index in [2.05, 4.69) is 42.5 Å². The number of carboxylic acid groups (broad SMARTS) is 1. The van der Waals surface area contributed by atoms with Crippen molar-refractivity contribution in [2.24, 2.45) is 0 Å². The number of aliphatic carboxylic acids is 1. The lowest BCUT2D eigenvalue weighted by atomic mass is 10.3. The average Bonchev–Trinajstić information content (AvgIpc) is 2.29. The van der Waals surface area contributed by atoms with E-state index in [-0.39, 0.29) is 12.5 Å². The van der Waals surface area contributed by atoms with E-state index in [9.17, 15) is 9.59 Å². The first-order chi connectivity index (χ1) is 8.49. The molecule has 98 valence electrons. The van der Waals surface area contributed by atoms with Crippen molar-refractivity contribution >= 4 is 49.5 Å². The van der Waals surface area contributed by atoms with Crippen molar-refractivity contribution in [3.05, 3.63) is 27.1 Å². The number of benzene rings is 1. The molecule has 0 aliphatic rings. The molecule has 2 amide bonds. The van der Waals surface area contributed by atoms with E-state index in [4.69, 9.17) is 5.11 Å². The Hall–Kier alpha value is -1.08. The van der Waals surface area contributed by atoms with Crippen LogP contribution in [-0.2, 0) is 4.79 Å². The Kier molecular flexibility index (Phi) is 6.14. The van der Waals surface area contributed by atoms with E-state index in [0.717, 1.165) is 8.95 Å². The van der Waals surface area contributed by atoms with Crippen LogP contribution in [-0.4, -0.2) is 23.7 Å². The first-order valence-corrected chi connectivity index (χ1v) is 6.79. The summed E-state index contributed by atoms with van der Waals surface area (Å²) in [5.74, 6) is -0.869. The molecule has 7 heteroatoms.